The van der Waals surface area contributed by atoms with Crippen molar-refractivity contribution in [3.05, 3.63) is 106 Å². The third-order valence-electron chi connectivity index (χ3n) is 5.62. The molecule has 0 unspecified atom stereocenters. The average Bonchev–Trinajstić information content (AvgIpc) is 3.33. The number of oxime groups is 1. The van der Waals surface area contributed by atoms with Crippen LogP contribution in [-0.2, 0) is 15.0 Å². The lowest BCUT2D eigenvalue weighted by Crippen LogP contribution is -2.52. The van der Waals surface area contributed by atoms with Crippen molar-refractivity contribution >= 4 is 28.8 Å². The first-order chi connectivity index (χ1) is 15.0. The van der Waals surface area contributed by atoms with Crippen LogP contribution in [0.15, 0.2) is 84.0 Å². The molecule has 3 aromatic carbocycles. The number of benzene rings is 3. The van der Waals surface area contributed by atoms with E-state index in [0.29, 0.717) is 22.4 Å². The zero-order chi connectivity index (χ0) is 21.6. The number of Topliss-reactive ketones (excluding diaryl/α,β-unsaturated/α-hetero) is 1. The van der Waals surface area contributed by atoms with Gasteiger partial charge in [0, 0.05) is 34.5 Å². The number of hydrogen-bond donors (Lipinski definition) is 1. The Hall–Kier alpha value is -4.33. The van der Waals surface area contributed by atoms with Gasteiger partial charge < -0.3 is 10.2 Å². The first kappa shape index (κ1) is 18.7. The molecule has 0 saturated heterocycles. The van der Waals surface area contributed by atoms with Gasteiger partial charge in [-0.15, -0.1) is 0 Å². The minimum Gasteiger partial charge on any atom is -0.382 e. The van der Waals surface area contributed by atoms with Gasteiger partial charge in [0.05, 0.1) is 4.92 Å². The molecule has 8 nitrogen and oxygen atoms in total. The Morgan fingerprint density at radius 3 is 2.39 bits per heavy atom. The highest BCUT2D eigenvalue weighted by Gasteiger charge is 2.63. The van der Waals surface area contributed by atoms with Crippen LogP contribution in [0.1, 0.15) is 21.5 Å². The summed E-state index contributed by atoms with van der Waals surface area (Å²) in [6.07, 6.45) is -1.22. The van der Waals surface area contributed by atoms with Crippen LogP contribution >= 0.6 is 0 Å². The molecule has 0 aromatic heterocycles. The maximum atomic E-state index is 13.4. The molecule has 1 amide bonds. The number of rotatable bonds is 4. The number of hydrogen-bond acceptors (Lipinski definition) is 6. The molecule has 0 saturated carbocycles. The molecule has 1 spiro atoms. The fourth-order valence-electron chi connectivity index (χ4n) is 4.17. The molecule has 2 atom stereocenters. The molecule has 5 rings (SSSR count). The van der Waals surface area contributed by atoms with Gasteiger partial charge in [0.1, 0.15) is 5.71 Å². The standard InChI is InChI=1S/C23H15N3O5/c27-19(14-6-2-1-3-7-14)21-23(17-8-4-5-9-18(17)24-22(23)28)20(25-31-21)15-10-12-16(13-11-15)26(29)30/h1-13,21H,(H,24,28)/t21-,23-/m1/s1. The van der Waals surface area contributed by atoms with Crippen LogP contribution in [0.3, 0.4) is 0 Å². The van der Waals surface area contributed by atoms with Gasteiger partial charge in [-0.1, -0.05) is 53.7 Å². The Balaban J connectivity index is 1.69. The smallest absolute Gasteiger partial charge is 0.269 e. The number of carbonyl (C=O) groups excluding carboxylic acids is 2. The van der Waals surface area contributed by atoms with E-state index in [1.54, 1.807) is 54.6 Å². The van der Waals surface area contributed by atoms with E-state index in [0.717, 1.165) is 0 Å². The predicted molar refractivity (Wildman–Crippen MR) is 112 cm³/mol. The fourth-order valence-corrected chi connectivity index (χ4v) is 4.17. The molecule has 31 heavy (non-hydrogen) atoms. The second-order valence-electron chi connectivity index (χ2n) is 7.27. The molecular formula is C23H15N3O5. The third kappa shape index (κ3) is 2.65. The number of nitrogens with zero attached hydrogens (tertiary/aromatic N) is 2. The first-order valence-electron chi connectivity index (χ1n) is 9.53. The van der Waals surface area contributed by atoms with E-state index < -0.39 is 22.3 Å². The SMILES string of the molecule is O=C(c1ccccc1)[C@H]1ON=C(c2ccc([N+](=O)[O-])cc2)[C@@]12C(=O)Nc1ccccc12. The van der Waals surface area contributed by atoms with E-state index in [4.69, 9.17) is 4.84 Å². The zero-order valence-electron chi connectivity index (χ0n) is 16.0. The summed E-state index contributed by atoms with van der Waals surface area (Å²) in [6, 6.07) is 21.3. The number of amides is 1. The van der Waals surface area contributed by atoms with E-state index in [-0.39, 0.29) is 17.2 Å². The topological polar surface area (TPSA) is 111 Å². The number of non-ortho nitro benzene ring substituents is 1. The maximum Gasteiger partial charge on any atom is 0.269 e. The second kappa shape index (κ2) is 6.88. The Bertz CT molecular complexity index is 1250. The highest BCUT2D eigenvalue weighted by atomic mass is 16.6. The van der Waals surface area contributed by atoms with E-state index in [9.17, 15) is 19.7 Å². The van der Waals surface area contributed by atoms with Gasteiger partial charge in [0.2, 0.25) is 17.8 Å². The number of nitro benzene ring substituents is 1. The van der Waals surface area contributed by atoms with E-state index in [1.165, 1.54) is 24.3 Å². The van der Waals surface area contributed by atoms with Crippen LogP contribution in [0.2, 0.25) is 0 Å². The van der Waals surface area contributed by atoms with E-state index >= 15 is 0 Å². The van der Waals surface area contributed by atoms with Crippen molar-refractivity contribution in [3.8, 4) is 0 Å². The normalized spacial score (nSPS) is 21.2. The molecule has 2 aliphatic heterocycles. The summed E-state index contributed by atoms with van der Waals surface area (Å²) in [6.45, 7) is 0. The van der Waals surface area contributed by atoms with Crippen molar-refractivity contribution in [2.45, 2.75) is 11.5 Å². The summed E-state index contributed by atoms with van der Waals surface area (Å²) in [5, 5.41) is 18.0. The lowest BCUT2D eigenvalue weighted by molar-refractivity contribution is -0.384. The predicted octanol–water partition coefficient (Wildman–Crippen LogP) is 3.47. The van der Waals surface area contributed by atoms with Gasteiger partial charge in [-0.25, -0.2) is 0 Å². The van der Waals surface area contributed by atoms with Crippen molar-refractivity contribution in [3.63, 3.8) is 0 Å². The summed E-state index contributed by atoms with van der Waals surface area (Å²) in [5.41, 5.74) is 0.622. The van der Waals surface area contributed by atoms with Crippen LogP contribution in [0.25, 0.3) is 0 Å². The van der Waals surface area contributed by atoms with Crippen LogP contribution in [0.5, 0.6) is 0 Å². The molecule has 8 heteroatoms. The largest absolute Gasteiger partial charge is 0.382 e. The van der Waals surface area contributed by atoms with Crippen LogP contribution in [0, 0.1) is 10.1 Å². The average molecular weight is 413 g/mol. The zero-order valence-corrected chi connectivity index (χ0v) is 16.0. The summed E-state index contributed by atoms with van der Waals surface area (Å²) in [5.74, 6) is -0.814. The van der Waals surface area contributed by atoms with Crippen molar-refractivity contribution in [2.24, 2.45) is 5.16 Å². The minimum absolute atomic E-state index is 0.0921. The number of fused-ring (bicyclic) bond motifs is 2. The van der Waals surface area contributed by atoms with Crippen LogP contribution < -0.4 is 5.32 Å². The second-order valence-corrected chi connectivity index (χ2v) is 7.27. The number of para-hydroxylation sites is 1. The lowest BCUT2D eigenvalue weighted by Gasteiger charge is -2.27. The molecular weight excluding hydrogens is 398 g/mol. The molecule has 2 aliphatic rings. The Morgan fingerprint density at radius 1 is 1.00 bits per heavy atom. The van der Waals surface area contributed by atoms with Crippen molar-refractivity contribution < 1.29 is 19.3 Å². The number of carbonyl (C=O) groups is 2. The van der Waals surface area contributed by atoms with Gasteiger partial charge >= 0.3 is 0 Å². The van der Waals surface area contributed by atoms with Crippen molar-refractivity contribution in [2.75, 3.05) is 5.32 Å². The van der Waals surface area contributed by atoms with Crippen LogP contribution in [-0.4, -0.2) is 28.4 Å². The highest BCUT2D eigenvalue weighted by molar-refractivity contribution is 6.31. The number of anilines is 1. The molecule has 1 N–H and O–H groups in total. The Labute approximate surface area is 176 Å². The first-order valence-corrected chi connectivity index (χ1v) is 9.53. The minimum atomic E-state index is -1.51. The summed E-state index contributed by atoms with van der Waals surface area (Å²) in [4.78, 5) is 43.0. The van der Waals surface area contributed by atoms with Crippen molar-refractivity contribution in [1.29, 1.82) is 0 Å². The molecule has 0 aliphatic carbocycles. The molecule has 0 radical (unpaired) electrons. The molecule has 2 heterocycles. The monoisotopic (exact) mass is 413 g/mol. The highest BCUT2D eigenvalue weighted by Crippen LogP contribution is 2.48. The summed E-state index contributed by atoms with van der Waals surface area (Å²) in [7, 11) is 0. The van der Waals surface area contributed by atoms with Gasteiger partial charge in [0.15, 0.2) is 5.41 Å². The molecule has 0 bridgehead atoms. The molecule has 3 aromatic rings. The van der Waals surface area contributed by atoms with Gasteiger partial charge in [0.25, 0.3) is 5.69 Å². The third-order valence-corrected chi connectivity index (χ3v) is 5.62. The molecule has 0 fully saturated rings. The lowest BCUT2D eigenvalue weighted by atomic mass is 9.69. The summed E-state index contributed by atoms with van der Waals surface area (Å²) >= 11 is 0. The van der Waals surface area contributed by atoms with Crippen LogP contribution in [0.4, 0.5) is 11.4 Å². The number of ketones is 1. The van der Waals surface area contributed by atoms with E-state index in [1.807, 2.05) is 0 Å². The fraction of sp³-hybridized carbons (Fsp3) is 0.0870. The maximum absolute atomic E-state index is 13.4. The van der Waals surface area contributed by atoms with Gasteiger partial charge in [-0.05, 0) is 18.2 Å². The van der Waals surface area contributed by atoms with Gasteiger partial charge in [-0.2, -0.15) is 0 Å². The van der Waals surface area contributed by atoms with Gasteiger partial charge in [-0.3, -0.25) is 19.7 Å². The Kier molecular flexibility index (Phi) is 4.14. The number of nitrogens with one attached hydrogen (secondary N) is 1. The van der Waals surface area contributed by atoms with E-state index in [2.05, 4.69) is 10.5 Å². The Morgan fingerprint density at radius 2 is 1.68 bits per heavy atom. The van der Waals surface area contributed by atoms with Crippen molar-refractivity contribution in [1.82, 2.24) is 0 Å². The molecule has 152 valence electrons. The number of nitro groups is 1. The summed E-state index contributed by atoms with van der Waals surface area (Å²) < 4.78 is 0. The quantitative estimate of drug-likeness (QED) is 0.400.